The van der Waals surface area contributed by atoms with Crippen LogP contribution in [-0.2, 0) is 75.5 Å². The summed E-state index contributed by atoms with van der Waals surface area (Å²) in [6.07, 6.45) is -13.3. The molecule has 13 rings (SSSR count). The first-order chi connectivity index (χ1) is 55.2. The van der Waals surface area contributed by atoms with Crippen LogP contribution in [0.5, 0.6) is 0 Å². The molecule has 7 amide bonds. The second-order valence-corrected chi connectivity index (χ2v) is 29.1. The summed E-state index contributed by atoms with van der Waals surface area (Å²) in [5, 5.41) is 88.0. The van der Waals surface area contributed by atoms with Crippen LogP contribution in [0.1, 0.15) is 85.6 Å². The average Bonchev–Trinajstić information content (AvgIpc) is 0.785. The topological polar surface area (TPSA) is 555 Å². The summed E-state index contributed by atoms with van der Waals surface area (Å²) in [7, 11) is 0. The van der Waals surface area contributed by atoms with E-state index in [1.165, 1.54) is 4.90 Å². The number of nitrogens with two attached hydrogens (primary N) is 2. The number of aliphatic hydroxyl groups is 6. The zero-order valence-corrected chi connectivity index (χ0v) is 62.3. The van der Waals surface area contributed by atoms with Gasteiger partial charge < -0.3 is 121 Å². The molecule has 8 aliphatic rings. The molecule has 4 bridgehead atoms. The molecule has 38 nitrogen and oxygen atoms in total. The van der Waals surface area contributed by atoms with Gasteiger partial charge in [-0.2, -0.15) is 0 Å². The molecule has 5 heterocycles. The molecule has 3 saturated carbocycles. The number of hydrogen-bond acceptors (Lipinski definition) is 25. The number of rotatable bonds is 25. The van der Waals surface area contributed by atoms with Crippen LogP contribution < -0.4 is 38.1 Å². The summed E-state index contributed by atoms with van der Waals surface area (Å²) in [6, 6.07) is 40.0. The highest BCUT2D eigenvalue weighted by Gasteiger charge is 2.53. The summed E-state index contributed by atoms with van der Waals surface area (Å²) in [4.78, 5) is 74.9. The van der Waals surface area contributed by atoms with E-state index in [-0.39, 0.29) is 70.6 Å². The Morgan fingerprint density at radius 1 is 0.447 bits per heavy atom. The molecule has 0 spiro atoms. The Bertz CT molecular complexity index is 4060. The van der Waals surface area contributed by atoms with Gasteiger partial charge in [-0.25, -0.2) is 24.0 Å². The first-order valence-electron chi connectivity index (χ1n) is 37.9. The van der Waals surface area contributed by atoms with Gasteiger partial charge in [0.1, 0.15) is 62.5 Å². The second kappa shape index (κ2) is 41.7. The van der Waals surface area contributed by atoms with Gasteiger partial charge in [0.15, 0.2) is 18.9 Å². The molecule has 24 atom stereocenters. The predicted octanol–water partition coefficient (Wildman–Crippen LogP) is 5.40. The fourth-order valence-electron chi connectivity index (χ4n) is 15.0. The van der Waals surface area contributed by atoms with Crippen molar-refractivity contribution in [3.05, 3.63) is 211 Å². The van der Waals surface area contributed by atoms with E-state index < -0.39 is 159 Å². The molecule has 3 aliphatic carbocycles. The van der Waals surface area contributed by atoms with Crippen molar-refractivity contribution in [2.45, 2.75) is 237 Å². The summed E-state index contributed by atoms with van der Waals surface area (Å²) < 4.78 is 53.3. The molecule has 5 aromatic carbocycles. The summed E-state index contributed by atoms with van der Waals surface area (Å²) in [5.41, 5.74) is 43.0. The highest BCUT2D eigenvalue weighted by atomic mass is 16.7. The number of azide groups is 3. The molecule has 0 radical (unpaired) electrons. The van der Waals surface area contributed by atoms with Crippen molar-refractivity contribution in [3.8, 4) is 0 Å². The molecule has 5 aliphatic heterocycles. The van der Waals surface area contributed by atoms with Crippen LogP contribution >= 0.6 is 0 Å². The van der Waals surface area contributed by atoms with Crippen molar-refractivity contribution >= 4 is 30.3 Å². The van der Waals surface area contributed by atoms with Gasteiger partial charge in [-0.05, 0) is 102 Å². The third kappa shape index (κ3) is 23.3. The summed E-state index contributed by atoms with van der Waals surface area (Å²) in [5.74, 6) is 0. The molecule has 8 fully saturated rings. The highest BCUT2D eigenvalue weighted by molar-refractivity contribution is 5.76. The first kappa shape index (κ1) is 84.7. The van der Waals surface area contributed by atoms with Gasteiger partial charge in [0.25, 0.3) is 0 Å². The smallest absolute Gasteiger partial charge is 0.410 e. The number of nitrogens with zero attached hydrogens (tertiary/aromatic N) is 11. The Kier molecular flexibility index (Phi) is 31.0. The highest BCUT2D eigenvalue weighted by Crippen LogP contribution is 2.36. The lowest BCUT2D eigenvalue weighted by Gasteiger charge is -2.48. The van der Waals surface area contributed by atoms with Gasteiger partial charge in [-0.15, -0.1) is 0 Å². The number of ether oxygens (including phenoxy) is 9. The van der Waals surface area contributed by atoms with E-state index in [2.05, 4.69) is 56.7 Å². The largest absolute Gasteiger partial charge is 0.445 e. The maximum Gasteiger partial charge on any atom is 0.410 e. The van der Waals surface area contributed by atoms with Gasteiger partial charge in [0, 0.05) is 34.4 Å². The molecule has 0 aromatic heterocycles. The standard InChI is InChI=1S/C36H42N4O9.C27H32N10O6.C13H24N4O5/c41-30-28-18-29(38-34(43)37-28)32(31(30)42)49-33-27(39-35(44)46-21-24-12-6-2-7-13-24)17-16-26(48-33)20-40(19-23-10-4-1-5-11-23)36(45)47-22-25-14-8-3-9-15-25;28-34-31-20-12-11-19(42-26(20)43-25-22(33-36-30)13-21(32-35-29)23(38)24(25)39)15-37(14-17-7-3-1-4-8-17)27(40)41-16-18-9-5-2-6-10-18;14-4-5-1-2-6(15)12(21-5)22-11-8-3-7(9(18)10(11)19)16-13(20)17-8/h1-15,26-33,41-42H,16-22H2,(H,39,44)(H2,37,38,43);1-10,19-26,38-39H,11-16H2;5-12,18-19H,1-4,14-15H2,(H2,16,17,20)/t26-,27+,28+,29-,30-,31+,32+,33+;19-,20+,21+,22-,23-,24+,25+,26+;5-,6+,7+,8-,9-,10+,11+,12+/m000/s1. The van der Waals surface area contributed by atoms with Crippen LogP contribution in [0.15, 0.2) is 167 Å². The van der Waals surface area contributed by atoms with Crippen LogP contribution in [0.4, 0.5) is 24.0 Å². The lowest BCUT2D eigenvalue weighted by Crippen LogP contribution is -2.71. The Morgan fingerprint density at radius 3 is 1.31 bits per heavy atom. The van der Waals surface area contributed by atoms with E-state index in [1.54, 1.807) is 4.90 Å². The predicted molar refractivity (Wildman–Crippen MR) is 403 cm³/mol. The van der Waals surface area contributed by atoms with Crippen molar-refractivity contribution in [3.63, 3.8) is 0 Å². The van der Waals surface area contributed by atoms with Crippen LogP contribution in [0.25, 0.3) is 31.3 Å². The lowest BCUT2D eigenvalue weighted by molar-refractivity contribution is -0.260. The van der Waals surface area contributed by atoms with Crippen molar-refractivity contribution in [1.29, 1.82) is 0 Å². The number of carbonyl (C=O) groups excluding carboxylic acids is 5. The van der Waals surface area contributed by atoms with Crippen LogP contribution in [0.2, 0.25) is 0 Å². The number of hydrogen-bond donors (Lipinski definition) is 13. The Morgan fingerprint density at radius 2 is 0.833 bits per heavy atom. The zero-order valence-electron chi connectivity index (χ0n) is 62.3. The molecule has 612 valence electrons. The SMILES string of the molecule is NC[C@@H]1CC[C@@H](N)[C@@H](O[C@H]2[C@H](O)[C@@H](O)[C@H]3C[C@@H]2NC(=O)N3)O1.O=C1N[C@H]2C[C@@H](N1)[C@H](O)[C@@H](O)[C@@H]2O[C@H]1O[C@H](CN(Cc2ccccc2)C(=O)OCc2ccccc2)CC[C@H]1NC(=O)OCc1ccccc1.[N-]=[N+]=N[C@H]1C[C@@H](N=[N+]=[N-])[C@H](O)[C@@H](O)[C@@H]1O[C@H]1O[C@H](CN(Cc2ccccc2)C(=O)OCc2ccccc2)CC[C@H]1N=[N+]=[N-]. The van der Waals surface area contributed by atoms with E-state index in [9.17, 15) is 54.6 Å². The lowest BCUT2D eigenvalue weighted by atomic mass is 9.82. The molecule has 0 unspecified atom stereocenters. The zero-order chi connectivity index (χ0) is 80.6. The minimum Gasteiger partial charge on any atom is -0.445 e. The third-order valence-electron chi connectivity index (χ3n) is 21.1. The van der Waals surface area contributed by atoms with Crippen molar-refractivity contribution in [1.82, 2.24) is 36.4 Å². The fourth-order valence-corrected chi connectivity index (χ4v) is 15.0. The second-order valence-electron chi connectivity index (χ2n) is 29.1. The minimum atomic E-state index is -1.60. The Balaban J connectivity index is 0.000000180. The number of alkyl carbamates (subject to hydrolysis) is 1. The molecular weight excluding hydrogens is 1480 g/mol. The monoisotopic (exact) mass is 1580 g/mol. The number of aliphatic hydroxyl groups excluding tert-OH is 6. The Labute approximate surface area is 655 Å². The fraction of sp³-hybridized carbons (Fsp3) is 0.539. The van der Waals surface area contributed by atoms with Crippen molar-refractivity contribution in [2.75, 3.05) is 19.6 Å². The van der Waals surface area contributed by atoms with Crippen LogP contribution in [0, 0.1) is 0 Å². The number of amides is 7. The van der Waals surface area contributed by atoms with Gasteiger partial charge in [0.05, 0.1) is 98.0 Å². The molecule has 38 heteroatoms. The average molecular weight is 1580 g/mol. The molecular formula is C76H98N18O20. The van der Waals surface area contributed by atoms with E-state index in [1.807, 2.05) is 152 Å². The molecule has 5 saturated heterocycles. The van der Waals surface area contributed by atoms with Gasteiger partial charge in [-0.3, -0.25) is 0 Å². The first-order valence-corrected chi connectivity index (χ1v) is 37.9. The summed E-state index contributed by atoms with van der Waals surface area (Å²) in [6.45, 7) is 1.38. The number of nitrogens with one attached hydrogen (secondary N) is 5. The molecule has 15 N–H and O–H groups in total. The van der Waals surface area contributed by atoms with E-state index in [0.29, 0.717) is 51.5 Å². The number of benzene rings is 5. The normalized spacial score (nSPS) is 31.9. The third-order valence-corrected chi connectivity index (χ3v) is 21.1. The maximum absolute atomic E-state index is 13.5. The number of fused-ring (bicyclic) bond motifs is 4. The van der Waals surface area contributed by atoms with E-state index in [0.717, 1.165) is 34.2 Å². The number of carbonyl (C=O) groups is 5. The van der Waals surface area contributed by atoms with Crippen LogP contribution in [-0.4, -0.2) is 237 Å². The maximum atomic E-state index is 13.5. The van der Waals surface area contributed by atoms with Crippen molar-refractivity contribution in [2.24, 2.45) is 26.8 Å². The van der Waals surface area contributed by atoms with Gasteiger partial charge in [0.2, 0.25) is 0 Å². The Hall–Kier alpha value is -10.2. The van der Waals surface area contributed by atoms with Gasteiger partial charge in [-0.1, -0.05) is 167 Å². The van der Waals surface area contributed by atoms with E-state index >= 15 is 0 Å². The van der Waals surface area contributed by atoms with Crippen LogP contribution in [0.3, 0.4) is 0 Å². The number of urea groups is 2. The molecule has 114 heavy (non-hydrogen) atoms. The quantitative estimate of drug-likeness (QED) is 0.0150. The summed E-state index contributed by atoms with van der Waals surface area (Å²) >= 11 is 0. The minimum absolute atomic E-state index is 0.0595. The van der Waals surface area contributed by atoms with E-state index in [4.69, 9.17) is 70.7 Å². The van der Waals surface area contributed by atoms with Crippen molar-refractivity contribution < 1.29 is 97.2 Å². The van der Waals surface area contributed by atoms with Gasteiger partial charge >= 0.3 is 30.3 Å². The molecule has 5 aromatic rings.